The lowest BCUT2D eigenvalue weighted by Crippen LogP contribution is -2.52. The van der Waals surface area contributed by atoms with E-state index in [0.29, 0.717) is 23.5 Å². The first-order chi connectivity index (χ1) is 18.2. The molecule has 3 aromatic carbocycles. The largest absolute Gasteiger partial charge is 0.460 e. The van der Waals surface area contributed by atoms with E-state index >= 15 is 0 Å². The summed E-state index contributed by atoms with van der Waals surface area (Å²) < 4.78 is 33.7. The quantitative estimate of drug-likeness (QED) is 0.247. The molecule has 0 saturated heterocycles. The lowest BCUT2D eigenvalue weighted by Gasteiger charge is -2.29. The first-order valence-electron chi connectivity index (χ1n) is 12.9. The van der Waals surface area contributed by atoms with E-state index in [1.807, 2.05) is 42.5 Å². The Balaban J connectivity index is 1.50. The number of aryl methyl sites for hydroxylation is 1. The van der Waals surface area contributed by atoms with Crippen molar-refractivity contribution in [3.8, 4) is 0 Å². The van der Waals surface area contributed by atoms with Gasteiger partial charge in [0, 0.05) is 24.5 Å². The van der Waals surface area contributed by atoms with E-state index in [4.69, 9.17) is 4.42 Å². The first-order valence-corrected chi connectivity index (χ1v) is 12.9. The molecule has 7 heteroatoms. The van der Waals surface area contributed by atoms with Crippen LogP contribution in [-0.4, -0.2) is 29.7 Å². The Hall–Kier alpha value is -3.55. The molecule has 1 heterocycles. The van der Waals surface area contributed by atoms with Gasteiger partial charge in [0.2, 0.25) is 5.91 Å². The van der Waals surface area contributed by atoms with Crippen molar-refractivity contribution in [3.63, 3.8) is 0 Å². The maximum atomic E-state index is 13.9. The Bertz CT molecular complexity index is 1350. The number of rotatable bonds is 11. The van der Waals surface area contributed by atoms with Gasteiger partial charge < -0.3 is 20.2 Å². The Labute approximate surface area is 221 Å². The van der Waals surface area contributed by atoms with Crippen LogP contribution in [-0.2, 0) is 29.6 Å². The van der Waals surface area contributed by atoms with E-state index in [1.54, 1.807) is 13.8 Å². The number of carbonyl (C=O) groups excluding carboxylic acids is 1. The molecule has 0 radical (unpaired) electrons. The molecule has 0 unspecified atom stereocenters. The molecule has 0 saturated carbocycles. The zero-order valence-corrected chi connectivity index (χ0v) is 21.9. The van der Waals surface area contributed by atoms with Crippen molar-refractivity contribution in [2.24, 2.45) is 0 Å². The van der Waals surface area contributed by atoms with Crippen LogP contribution in [0.5, 0.6) is 0 Å². The molecular weight excluding hydrogens is 486 g/mol. The summed E-state index contributed by atoms with van der Waals surface area (Å²) in [4.78, 5) is 13.5. The van der Waals surface area contributed by atoms with Gasteiger partial charge in [-0.05, 0) is 67.6 Å². The molecular formula is C31H34F2N2O3. The SMILES string of the molecule is CCc1cccc(CNC[C@@H](O)[C@H](Cc2cc(F)cc(F)c2)NC(=O)C(C)(C)c2cc3ccccc3o2)c1. The molecule has 4 aromatic rings. The maximum Gasteiger partial charge on any atom is 0.233 e. The number of aliphatic hydroxyl groups is 1. The van der Waals surface area contributed by atoms with Crippen LogP contribution in [0.3, 0.4) is 0 Å². The van der Waals surface area contributed by atoms with E-state index in [1.165, 1.54) is 17.7 Å². The normalized spacial score (nSPS) is 13.4. The van der Waals surface area contributed by atoms with E-state index in [2.05, 4.69) is 29.7 Å². The monoisotopic (exact) mass is 520 g/mol. The average Bonchev–Trinajstić information content (AvgIpc) is 3.33. The minimum Gasteiger partial charge on any atom is -0.460 e. The molecule has 0 fully saturated rings. The first kappa shape index (κ1) is 27.5. The molecule has 1 amide bonds. The summed E-state index contributed by atoms with van der Waals surface area (Å²) in [5.41, 5.74) is 2.25. The fourth-order valence-electron chi connectivity index (χ4n) is 4.48. The fourth-order valence-corrected chi connectivity index (χ4v) is 4.48. The lowest BCUT2D eigenvalue weighted by atomic mass is 9.88. The number of hydrogen-bond acceptors (Lipinski definition) is 4. The van der Waals surface area contributed by atoms with Gasteiger partial charge >= 0.3 is 0 Å². The number of carbonyl (C=O) groups is 1. The van der Waals surface area contributed by atoms with E-state index < -0.39 is 29.2 Å². The van der Waals surface area contributed by atoms with Gasteiger partial charge in [-0.1, -0.05) is 49.4 Å². The Morgan fingerprint density at radius 2 is 1.66 bits per heavy atom. The number of furan rings is 1. The molecule has 1 aromatic heterocycles. The summed E-state index contributed by atoms with van der Waals surface area (Å²) in [6, 6.07) is 19.9. The number of benzene rings is 3. The van der Waals surface area contributed by atoms with Crippen LogP contribution >= 0.6 is 0 Å². The van der Waals surface area contributed by atoms with Gasteiger partial charge in [-0.25, -0.2) is 8.78 Å². The smallest absolute Gasteiger partial charge is 0.233 e. The Kier molecular flexibility index (Phi) is 8.59. The van der Waals surface area contributed by atoms with Gasteiger partial charge in [0.15, 0.2) is 0 Å². The van der Waals surface area contributed by atoms with Crippen molar-refractivity contribution in [1.82, 2.24) is 10.6 Å². The summed E-state index contributed by atoms with van der Waals surface area (Å²) >= 11 is 0. The van der Waals surface area contributed by atoms with Crippen LogP contribution in [0.4, 0.5) is 8.78 Å². The highest BCUT2D eigenvalue weighted by molar-refractivity contribution is 5.89. The van der Waals surface area contributed by atoms with Crippen molar-refractivity contribution in [1.29, 1.82) is 0 Å². The maximum absolute atomic E-state index is 13.9. The highest BCUT2D eigenvalue weighted by Crippen LogP contribution is 2.30. The molecule has 4 rings (SSSR count). The van der Waals surface area contributed by atoms with Gasteiger partial charge in [0.1, 0.15) is 28.4 Å². The molecule has 0 spiro atoms. The molecule has 0 aliphatic heterocycles. The lowest BCUT2D eigenvalue weighted by molar-refractivity contribution is -0.127. The third kappa shape index (κ3) is 6.65. The Morgan fingerprint density at radius 3 is 2.37 bits per heavy atom. The molecule has 0 bridgehead atoms. The summed E-state index contributed by atoms with van der Waals surface area (Å²) in [5, 5.41) is 18.1. The van der Waals surface area contributed by atoms with Crippen molar-refractivity contribution in [2.75, 3.05) is 6.54 Å². The minimum absolute atomic E-state index is 0.0464. The van der Waals surface area contributed by atoms with Crippen molar-refractivity contribution < 1.29 is 23.1 Å². The number of para-hydroxylation sites is 1. The predicted molar refractivity (Wildman–Crippen MR) is 145 cm³/mol. The molecule has 0 aliphatic rings. The van der Waals surface area contributed by atoms with Gasteiger partial charge in [-0.3, -0.25) is 4.79 Å². The molecule has 2 atom stereocenters. The minimum atomic E-state index is -1.06. The molecule has 3 N–H and O–H groups in total. The van der Waals surface area contributed by atoms with Gasteiger partial charge in [0.05, 0.1) is 12.1 Å². The fraction of sp³-hybridized carbons (Fsp3) is 0.323. The van der Waals surface area contributed by atoms with E-state index in [9.17, 15) is 18.7 Å². The zero-order chi connectivity index (χ0) is 27.3. The van der Waals surface area contributed by atoms with Gasteiger partial charge in [-0.15, -0.1) is 0 Å². The zero-order valence-electron chi connectivity index (χ0n) is 21.9. The number of amides is 1. The summed E-state index contributed by atoms with van der Waals surface area (Å²) in [6.45, 7) is 6.27. The highest BCUT2D eigenvalue weighted by atomic mass is 19.1. The number of hydrogen-bond donors (Lipinski definition) is 3. The summed E-state index contributed by atoms with van der Waals surface area (Å²) in [6.07, 6.45) is -0.0493. The van der Waals surface area contributed by atoms with Gasteiger partial charge in [0.25, 0.3) is 0 Å². The standard InChI is InChI=1S/C31H34F2N2O3/c1-4-20-8-7-9-21(12-20)18-34-19-27(36)26(15-22-13-24(32)17-25(33)14-22)35-30(37)31(2,3)29-16-23-10-5-6-11-28(23)38-29/h5-14,16-17,26-27,34,36H,4,15,18-19H2,1-3H3,(H,35,37)/t26-,27+/m0/s1. The van der Waals surface area contributed by atoms with Crippen molar-refractivity contribution in [3.05, 3.63) is 107 Å². The third-order valence-corrected chi connectivity index (χ3v) is 6.85. The molecule has 200 valence electrons. The summed E-state index contributed by atoms with van der Waals surface area (Å²) in [5.74, 6) is -1.31. The predicted octanol–water partition coefficient (Wildman–Crippen LogP) is 5.43. The number of fused-ring (bicyclic) bond motifs is 1. The average molecular weight is 521 g/mol. The molecule has 5 nitrogen and oxygen atoms in total. The number of nitrogens with one attached hydrogen (secondary N) is 2. The van der Waals surface area contributed by atoms with Crippen molar-refractivity contribution in [2.45, 2.75) is 57.7 Å². The van der Waals surface area contributed by atoms with Crippen molar-refractivity contribution >= 4 is 16.9 Å². The van der Waals surface area contributed by atoms with E-state index in [-0.39, 0.29) is 18.9 Å². The van der Waals surface area contributed by atoms with Crippen LogP contribution in [0.25, 0.3) is 11.0 Å². The summed E-state index contributed by atoms with van der Waals surface area (Å²) in [7, 11) is 0. The van der Waals surface area contributed by atoms with Crippen LogP contribution in [0.15, 0.2) is 77.2 Å². The highest BCUT2D eigenvalue weighted by Gasteiger charge is 2.36. The van der Waals surface area contributed by atoms with E-state index in [0.717, 1.165) is 23.4 Å². The third-order valence-electron chi connectivity index (χ3n) is 6.85. The van der Waals surface area contributed by atoms with Crippen LogP contribution in [0.1, 0.15) is 43.2 Å². The van der Waals surface area contributed by atoms with Crippen LogP contribution in [0.2, 0.25) is 0 Å². The second-order valence-corrected chi connectivity index (χ2v) is 10.2. The number of aliphatic hydroxyl groups excluding tert-OH is 1. The van der Waals surface area contributed by atoms with Gasteiger partial charge in [-0.2, -0.15) is 0 Å². The topological polar surface area (TPSA) is 74.5 Å². The number of halogens is 2. The molecule has 0 aliphatic carbocycles. The van der Waals surface area contributed by atoms with Crippen LogP contribution in [0, 0.1) is 11.6 Å². The van der Waals surface area contributed by atoms with Crippen LogP contribution < -0.4 is 10.6 Å². The molecule has 38 heavy (non-hydrogen) atoms. The second kappa shape index (κ2) is 11.9. The second-order valence-electron chi connectivity index (χ2n) is 10.2. The Morgan fingerprint density at radius 1 is 0.947 bits per heavy atom.